The monoisotopic (exact) mass is 405 g/mol. The van der Waals surface area contributed by atoms with Crippen molar-refractivity contribution in [2.45, 2.75) is 18.4 Å². The normalized spacial score (nSPS) is 11.6. The van der Waals surface area contributed by atoms with Crippen molar-refractivity contribution in [3.63, 3.8) is 0 Å². The van der Waals surface area contributed by atoms with Gasteiger partial charge in [-0.1, -0.05) is 60.7 Å². The van der Waals surface area contributed by atoms with Crippen molar-refractivity contribution < 1.29 is 8.42 Å². The first-order valence-corrected chi connectivity index (χ1v) is 10.6. The molecule has 2 N–H and O–H groups in total. The third kappa shape index (κ3) is 3.83. The van der Waals surface area contributed by atoms with E-state index in [0.29, 0.717) is 27.6 Å². The van der Waals surface area contributed by atoms with Gasteiger partial charge in [-0.05, 0) is 30.2 Å². The molecule has 4 rings (SSSR count). The van der Waals surface area contributed by atoms with Crippen LogP contribution in [0.5, 0.6) is 0 Å². The molecule has 4 aromatic rings. The minimum atomic E-state index is -3.73. The highest BCUT2D eigenvalue weighted by Gasteiger charge is 2.19. The van der Waals surface area contributed by atoms with Crippen LogP contribution in [0, 0.1) is 6.92 Å². The van der Waals surface area contributed by atoms with Crippen molar-refractivity contribution in [1.82, 2.24) is 14.9 Å². The zero-order valence-corrected chi connectivity index (χ0v) is 16.5. The minimum absolute atomic E-state index is 0.183. The highest BCUT2D eigenvalue weighted by Crippen LogP contribution is 2.28. The molecule has 0 saturated heterocycles. The van der Waals surface area contributed by atoms with Gasteiger partial charge in [0.2, 0.25) is 10.0 Å². The van der Waals surface area contributed by atoms with Gasteiger partial charge in [-0.15, -0.1) is 0 Å². The Bertz CT molecular complexity index is 1350. The lowest BCUT2D eigenvalue weighted by Gasteiger charge is -2.12. The molecule has 3 aromatic carbocycles. The highest BCUT2D eigenvalue weighted by atomic mass is 32.2. The summed E-state index contributed by atoms with van der Waals surface area (Å²) in [6.07, 6.45) is 0. The Hall–Kier alpha value is -3.29. The highest BCUT2D eigenvalue weighted by molar-refractivity contribution is 7.89. The molecule has 0 saturated carbocycles. The summed E-state index contributed by atoms with van der Waals surface area (Å²) < 4.78 is 28.5. The van der Waals surface area contributed by atoms with Crippen LogP contribution in [-0.4, -0.2) is 18.6 Å². The quantitative estimate of drug-likeness (QED) is 0.532. The number of aromatic amines is 1. The molecule has 146 valence electrons. The average Bonchev–Trinajstić information content (AvgIpc) is 2.74. The summed E-state index contributed by atoms with van der Waals surface area (Å²) in [5, 5.41) is 7.83. The zero-order valence-electron chi connectivity index (χ0n) is 15.7. The summed E-state index contributed by atoms with van der Waals surface area (Å²) in [5.41, 5.74) is 2.36. The van der Waals surface area contributed by atoms with Crippen LogP contribution in [0.25, 0.3) is 22.0 Å². The molecule has 0 aliphatic carbocycles. The molecular formula is C22H19N3O3S. The molecule has 1 heterocycles. The number of sulfonamides is 1. The number of H-pyrrole nitrogens is 1. The topological polar surface area (TPSA) is 91.9 Å². The molecule has 0 aliphatic rings. The van der Waals surface area contributed by atoms with Crippen LogP contribution >= 0.6 is 0 Å². The number of rotatable bonds is 5. The second kappa shape index (κ2) is 7.62. The molecule has 7 heteroatoms. The summed E-state index contributed by atoms with van der Waals surface area (Å²) in [6.45, 7) is 1.95. The first kappa shape index (κ1) is 19.0. The van der Waals surface area contributed by atoms with E-state index in [1.165, 1.54) is 0 Å². The second-order valence-electron chi connectivity index (χ2n) is 6.74. The summed E-state index contributed by atoms with van der Waals surface area (Å²) in [6, 6.07) is 21.6. The summed E-state index contributed by atoms with van der Waals surface area (Å²) in [4.78, 5) is 12.2. The van der Waals surface area contributed by atoms with Crippen molar-refractivity contribution in [3.8, 4) is 11.3 Å². The van der Waals surface area contributed by atoms with Crippen LogP contribution in [0.1, 0.15) is 11.1 Å². The Morgan fingerprint density at radius 3 is 2.38 bits per heavy atom. The van der Waals surface area contributed by atoms with Crippen molar-refractivity contribution in [1.29, 1.82) is 0 Å². The number of benzene rings is 3. The van der Waals surface area contributed by atoms with Gasteiger partial charge in [-0.2, -0.15) is 5.10 Å². The van der Waals surface area contributed by atoms with E-state index in [0.717, 1.165) is 5.56 Å². The predicted octanol–water partition coefficient (Wildman–Crippen LogP) is 3.38. The summed E-state index contributed by atoms with van der Waals surface area (Å²) in [5.74, 6) is 0. The fourth-order valence-electron chi connectivity index (χ4n) is 3.22. The Balaban J connectivity index is 1.75. The maximum absolute atomic E-state index is 12.9. The largest absolute Gasteiger partial charge is 0.272 e. The van der Waals surface area contributed by atoms with Gasteiger partial charge < -0.3 is 0 Å². The zero-order chi connectivity index (χ0) is 20.4. The standard InChI is InChI=1S/C22H19N3O3S/c1-15-11-12-17(21-18-9-5-6-10-19(18)22(26)25-24-21)13-20(15)29(27,28)23-14-16-7-3-2-4-8-16/h2-13,23H,14H2,1H3,(H,25,26). The molecule has 0 spiro atoms. The van der Waals surface area contributed by atoms with Gasteiger partial charge in [0.1, 0.15) is 0 Å². The molecule has 6 nitrogen and oxygen atoms in total. The van der Waals surface area contributed by atoms with Crippen molar-refractivity contribution in [3.05, 3.63) is 94.3 Å². The number of hydrogen-bond acceptors (Lipinski definition) is 4. The fraction of sp³-hybridized carbons (Fsp3) is 0.0909. The van der Waals surface area contributed by atoms with Gasteiger partial charge in [0, 0.05) is 17.5 Å². The third-order valence-corrected chi connectivity index (χ3v) is 6.30. The predicted molar refractivity (Wildman–Crippen MR) is 113 cm³/mol. The average molecular weight is 405 g/mol. The number of hydrogen-bond donors (Lipinski definition) is 2. The molecular weight excluding hydrogens is 386 g/mol. The van der Waals surface area contributed by atoms with E-state index in [9.17, 15) is 13.2 Å². The number of nitrogens with one attached hydrogen (secondary N) is 2. The molecule has 0 bridgehead atoms. The molecule has 0 aliphatic heterocycles. The van der Waals surface area contributed by atoms with Gasteiger partial charge in [-0.25, -0.2) is 18.2 Å². The second-order valence-corrected chi connectivity index (χ2v) is 8.47. The number of aromatic nitrogens is 2. The van der Waals surface area contributed by atoms with Gasteiger partial charge in [0.15, 0.2) is 0 Å². The molecule has 29 heavy (non-hydrogen) atoms. The van der Waals surface area contributed by atoms with Crippen LogP contribution in [-0.2, 0) is 16.6 Å². The van der Waals surface area contributed by atoms with E-state index in [4.69, 9.17) is 0 Å². The van der Waals surface area contributed by atoms with Gasteiger partial charge in [0.25, 0.3) is 5.56 Å². The molecule has 0 radical (unpaired) electrons. The Labute approximate surface area is 168 Å². The minimum Gasteiger partial charge on any atom is -0.267 e. The number of fused-ring (bicyclic) bond motifs is 1. The molecule has 0 fully saturated rings. The lowest BCUT2D eigenvalue weighted by Crippen LogP contribution is -2.24. The SMILES string of the molecule is Cc1ccc(-c2n[nH]c(=O)c3ccccc23)cc1S(=O)(=O)NCc1ccccc1. The maximum Gasteiger partial charge on any atom is 0.272 e. The lowest BCUT2D eigenvalue weighted by atomic mass is 10.0. The Morgan fingerprint density at radius 1 is 0.931 bits per heavy atom. The fourth-order valence-corrected chi connectivity index (χ4v) is 4.51. The van der Waals surface area contributed by atoms with Crippen LogP contribution in [0.15, 0.2) is 82.5 Å². The third-order valence-electron chi connectivity index (χ3n) is 4.76. The number of aryl methyl sites for hydroxylation is 1. The van der Waals surface area contributed by atoms with E-state index in [-0.39, 0.29) is 17.0 Å². The van der Waals surface area contributed by atoms with Crippen LogP contribution in [0.4, 0.5) is 0 Å². The summed E-state index contributed by atoms with van der Waals surface area (Å²) in [7, 11) is -3.73. The molecule has 0 unspecified atom stereocenters. The first-order valence-electron chi connectivity index (χ1n) is 9.08. The lowest BCUT2D eigenvalue weighted by molar-refractivity contribution is 0.580. The van der Waals surface area contributed by atoms with E-state index < -0.39 is 10.0 Å². The van der Waals surface area contributed by atoms with E-state index in [1.807, 2.05) is 36.4 Å². The molecule has 0 atom stereocenters. The van der Waals surface area contributed by atoms with E-state index >= 15 is 0 Å². The molecule has 1 aromatic heterocycles. The maximum atomic E-state index is 12.9. The van der Waals surface area contributed by atoms with Crippen molar-refractivity contribution >= 4 is 20.8 Å². The Morgan fingerprint density at radius 2 is 1.62 bits per heavy atom. The van der Waals surface area contributed by atoms with Gasteiger partial charge in [-0.3, -0.25) is 4.79 Å². The van der Waals surface area contributed by atoms with E-state index in [1.54, 1.807) is 43.3 Å². The van der Waals surface area contributed by atoms with Crippen LogP contribution < -0.4 is 10.3 Å². The van der Waals surface area contributed by atoms with E-state index in [2.05, 4.69) is 14.9 Å². The van der Waals surface area contributed by atoms with Crippen molar-refractivity contribution in [2.75, 3.05) is 0 Å². The van der Waals surface area contributed by atoms with Gasteiger partial charge >= 0.3 is 0 Å². The van der Waals surface area contributed by atoms with Gasteiger partial charge in [0.05, 0.1) is 16.0 Å². The van der Waals surface area contributed by atoms with Crippen LogP contribution in [0.2, 0.25) is 0 Å². The smallest absolute Gasteiger partial charge is 0.267 e. The number of nitrogens with zero attached hydrogens (tertiary/aromatic N) is 1. The first-order chi connectivity index (χ1) is 14.0. The Kier molecular flexibility index (Phi) is 5.00. The van der Waals surface area contributed by atoms with Crippen molar-refractivity contribution in [2.24, 2.45) is 0 Å². The summed E-state index contributed by atoms with van der Waals surface area (Å²) >= 11 is 0. The van der Waals surface area contributed by atoms with Crippen LogP contribution in [0.3, 0.4) is 0 Å². The molecule has 0 amide bonds.